The minimum absolute atomic E-state index is 0.229. The summed E-state index contributed by atoms with van der Waals surface area (Å²) in [7, 11) is 3.16. The number of methoxy groups -OCH3 is 1. The number of ether oxygens (including phenoxy) is 1. The van der Waals surface area contributed by atoms with E-state index < -0.39 is 0 Å². The zero-order valence-electron chi connectivity index (χ0n) is 15.0. The predicted molar refractivity (Wildman–Crippen MR) is 99.2 cm³/mol. The molecule has 138 valence electrons. The van der Waals surface area contributed by atoms with Gasteiger partial charge < -0.3 is 19.9 Å². The van der Waals surface area contributed by atoms with Crippen molar-refractivity contribution in [1.29, 1.82) is 0 Å². The lowest BCUT2D eigenvalue weighted by molar-refractivity contribution is 0.0963. The number of hydrogen-bond donors (Lipinski definition) is 2. The zero-order valence-corrected chi connectivity index (χ0v) is 15.0. The van der Waals surface area contributed by atoms with Crippen LogP contribution in [0.2, 0.25) is 0 Å². The van der Waals surface area contributed by atoms with Crippen LogP contribution in [0.3, 0.4) is 0 Å². The van der Waals surface area contributed by atoms with Gasteiger partial charge in [-0.3, -0.25) is 9.78 Å². The van der Waals surface area contributed by atoms with Gasteiger partial charge in [-0.2, -0.15) is 4.98 Å². The van der Waals surface area contributed by atoms with Gasteiger partial charge in [0, 0.05) is 25.4 Å². The Morgan fingerprint density at radius 1 is 1.26 bits per heavy atom. The van der Waals surface area contributed by atoms with Crippen LogP contribution in [-0.2, 0) is 0 Å². The van der Waals surface area contributed by atoms with E-state index >= 15 is 0 Å². The first-order chi connectivity index (χ1) is 13.2. The number of pyridine rings is 1. The highest BCUT2D eigenvalue weighted by molar-refractivity contribution is 6.00. The maximum atomic E-state index is 12.1. The van der Waals surface area contributed by atoms with Crippen LogP contribution in [0.1, 0.15) is 35.0 Å². The lowest BCUT2D eigenvalue weighted by atomic mass is 10.1. The van der Waals surface area contributed by atoms with E-state index in [0.717, 1.165) is 12.8 Å². The molecule has 27 heavy (non-hydrogen) atoms. The number of anilines is 2. The number of carbonyl (C=O) groups is 1. The van der Waals surface area contributed by atoms with E-state index in [1.807, 2.05) is 18.2 Å². The normalized spacial score (nSPS) is 13.3. The van der Waals surface area contributed by atoms with Gasteiger partial charge >= 0.3 is 0 Å². The molecular weight excluding hydrogens is 346 g/mol. The van der Waals surface area contributed by atoms with Gasteiger partial charge in [-0.15, -0.1) is 0 Å². The Bertz CT molecular complexity index is 981. The van der Waals surface area contributed by atoms with Crippen molar-refractivity contribution in [3.05, 3.63) is 48.1 Å². The second-order valence-electron chi connectivity index (χ2n) is 6.24. The molecule has 2 heterocycles. The fourth-order valence-electron chi connectivity index (χ4n) is 2.84. The molecule has 1 aliphatic rings. The highest BCUT2D eigenvalue weighted by atomic mass is 16.5. The van der Waals surface area contributed by atoms with Crippen LogP contribution >= 0.6 is 0 Å². The third-order valence-corrected chi connectivity index (χ3v) is 4.39. The third kappa shape index (κ3) is 3.33. The van der Waals surface area contributed by atoms with Crippen molar-refractivity contribution in [1.82, 2.24) is 20.4 Å². The molecule has 2 N–H and O–H groups in total. The SMILES string of the molecule is CNC(=O)c1cnccc1Nc1cccc(-c2noc(C3CC3)n2)c1OC. The monoisotopic (exact) mass is 365 g/mol. The van der Waals surface area contributed by atoms with Crippen molar-refractivity contribution >= 4 is 17.3 Å². The summed E-state index contributed by atoms with van der Waals surface area (Å²) >= 11 is 0. The van der Waals surface area contributed by atoms with Crippen LogP contribution in [0.4, 0.5) is 11.4 Å². The van der Waals surface area contributed by atoms with Crippen LogP contribution in [-0.4, -0.2) is 35.2 Å². The topological polar surface area (TPSA) is 102 Å². The molecule has 0 atom stereocenters. The van der Waals surface area contributed by atoms with Gasteiger partial charge in [0.2, 0.25) is 11.7 Å². The van der Waals surface area contributed by atoms with Crippen LogP contribution < -0.4 is 15.4 Å². The first kappa shape index (κ1) is 17.0. The molecule has 0 bridgehead atoms. The smallest absolute Gasteiger partial charge is 0.254 e. The quantitative estimate of drug-likeness (QED) is 0.692. The summed E-state index contributed by atoms with van der Waals surface area (Å²) in [6, 6.07) is 7.33. The van der Waals surface area contributed by atoms with Crippen molar-refractivity contribution in [3.63, 3.8) is 0 Å². The van der Waals surface area contributed by atoms with E-state index in [-0.39, 0.29) is 5.91 Å². The van der Waals surface area contributed by atoms with Crippen LogP contribution in [0.5, 0.6) is 5.75 Å². The van der Waals surface area contributed by atoms with Crippen molar-refractivity contribution in [3.8, 4) is 17.1 Å². The lowest BCUT2D eigenvalue weighted by Gasteiger charge is -2.15. The largest absolute Gasteiger partial charge is 0.494 e. The number of amides is 1. The Hall–Kier alpha value is -3.42. The molecule has 0 spiro atoms. The van der Waals surface area contributed by atoms with E-state index in [1.54, 1.807) is 26.4 Å². The molecule has 1 fully saturated rings. The van der Waals surface area contributed by atoms with E-state index in [4.69, 9.17) is 9.26 Å². The Kier molecular flexibility index (Phi) is 4.45. The van der Waals surface area contributed by atoms with Gasteiger partial charge in [-0.05, 0) is 31.0 Å². The second kappa shape index (κ2) is 7.06. The number of nitrogens with one attached hydrogen (secondary N) is 2. The number of nitrogens with zero attached hydrogens (tertiary/aromatic N) is 3. The molecule has 4 rings (SSSR count). The Labute approximate surface area is 156 Å². The second-order valence-corrected chi connectivity index (χ2v) is 6.24. The molecule has 0 unspecified atom stereocenters. The Morgan fingerprint density at radius 3 is 2.85 bits per heavy atom. The van der Waals surface area contributed by atoms with E-state index in [2.05, 4.69) is 25.8 Å². The number of aromatic nitrogens is 3. The molecule has 1 aliphatic carbocycles. The first-order valence-electron chi connectivity index (χ1n) is 8.65. The highest BCUT2D eigenvalue weighted by Crippen LogP contribution is 2.41. The van der Waals surface area contributed by atoms with Gasteiger partial charge in [0.05, 0.1) is 29.6 Å². The molecule has 1 aromatic carbocycles. The molecule has 0 radical (unpaired) electrons. The van der Waals surface area contributed by atoms with Crippen LogP contribution in [0.25, 0.3) is 11.4 Å². The summed E-state index contributed by atoms with van der Waals surface area (Å²) < 4.78 is 11.0. The standard InChI is InChI=1S/C19H19N5O3/c1-20-18(25)13-10-21-9-8-14(13)22-15-5-3-4-12(16(15)26-2)17-23-19(27-24-17)11-6-7-11/h3-5,8-11H,6-7H2,1-2H3,(H,20,25)(H,21,22). The van der Waals surface area contributed by atoms with E-state index in [9.17, 15) is 4.79 Å². The number of para-hydroxylation sites is 1. The van der Waals surface area contributed by atoms with Gasteiger partial charge in [-0.1, -0.05) is 11.2 Å². The third-order valence-electron chi connectivity index (χ3n) is 4.39. The summed E-state index contributed by atoms with van der Waals surface area (Å²) in [6.45, 7) is 0. The average Bonchev–Trinajstić information content (AvgIpc) is 3.44. The minimum Gasteiger partial charge on any atom is -0.494 e. The van der Waals surface area contributed by atoms with Gasteiger partial charge in [-0.25, -0.2) is 0 Å². The maximum Gasteiger partial charge on any atom is 0.254 e. The highest BCUT2D eigenvalue weighted by Gasteiger charge is 2.30. The van der Waals surface area contributed by atoms with Crippen LogP contribution in [0, 0.1) is 0 Å². The maximum absolute atomic E-state index is 12.1. The van der Waals surface area contributed by atoms with Gasteiger partial charge in [0.15, 0.2) is 5.75 Å². The first-order valence-corrected chi connectivity index (χ1v) is 8.65. The molecule has 8 nitrogen and oxygen atoms in total. The number of rotatable bonds is 6. The van der Waals surface area contributed by atoms with Crippen molar-refractivity contribution in [2.24, 2.45) is 0 Å². The lowest BCUT2D eigenvalue weighted by Crippen LogP contribution is -2.19. The molecule has 1 amide bonds. The van der Waals surface area contributed by atoms with Gasteiger partial charge in [0.1, 0.15) is 0 Å². The van der Waals surface area contributed by atoms with E-state index in [1.165, 1.54) is 6.20 Å². The van der Waals surface area contributed by atoms with Crippen molar-refractivity contribution < 1.29 is 14.1 Å². The average molecular weight is 365 g/mol. The molecule has 8 heteroatoms. The van der Waals surface area contributed by atoms with Crippen molar-refractivity contribution in [2.45, 2.75) is 18.8 Å². The number of carbonyl (C=O) groups excluding carboxylic acids is 1. The molecule has 2 aromatic heterocycles. The van der Waals surface area contributed by atoms with E-state index in [0.29, 0.717) is 45.9 Å². The summed E-state index contributed by atoms with van der Waals surface area (Å²) in [5.41, 5.74) is 2.45. The molecule has 0 saturated heterocycles. The summed E-state index contributed by atoms with van der Waals surface area (Å²) in [5.74, 6) is 1.87. The van der Waals surface area contributed by atoms with Gasteiger partial charge in [0.25, 0.3) is 5.91 Å². The molecule has 0 aliphatic heterocycles. The predicted octanol–water partition coefficient (Wildman–Crippen LogP) is 3.12. The minimum atomic E-state index is -0.229. The molecule has 3 aromatic rings. The molecule has 1 saturated carbocycles. The fraction of sp³-hybridized carbons (Fsp3) is 0.263. The number of hydrogen-bond acceptors (Lipinski definition) is 7. The summed E-state index contributed by atoms with van der Waals surface area (Å²) in [4.78, 5) is 20.6. The fourth-order valence-corrected chi connectivity index (χ4v) is 2.84. The summed E-state index contributed by atoms with van der Waals surface area (Å²) in [5, 5.41) is 9.95. The zero-order chi connectivity index (χ0) is 18.8. The molecular formula is C19H19N5O3. The Balaban J connectivity index is 1.71. The summed E-state index contributed by atoms with van der Waals surface area (Å²) in [6.07, 6.45) is 5.31. The van der Waals surface area contributed by atoms with Crippen LogP contribution in [0.15, 0.2) is 41.2 Å². The number of benzene rings is 1. The Morgan fingerprint density at radius 2 is 2.11 bits per heavy atom. The van der Waals surface area contributed by atoms with Crippen molar-refractivity contribution in [2.75, 3.05) is 19.5 Å².